The zero-order chi connectivity index (χ0) is 13.7. The summed E-state index contributed by atoms with van der Waals surface area (Å²) < 4.78 is 11.3. The van der Waals surface area contributed by atoms with E-state index in [2.05, 4.69) is 30.9 Å². The van der Waals surface area contributed by atoms with Gasteiger partial charge >= 0.3 is 0 Å². The Morgan fingerprint density at radius 3 is 2.68 bits per heavy atom. The normalized spacial score (nSPS) is 18.3. The van der Waals surface area contributed by atoms with Crippen molar-refractivity contribution >= 4 is 0 Å². The third-order valence-electron chi connectivity index (χ3n) is 3.60. The maximum absolute atomic E-state index is 5.94. The first-order valence-corrected chi connectivity index (χ1v) is 6.92. The lowest BCUT2D eigenvalue weighted by molar-refractivity contribution is 0.00818. The Balaban J connectivity index is 1.91. The molecule has 0 amide bonds. The first kappa shape index (κ1) is 14.3. The van der Waals surface area contributed by atoms with E-state index in [4.69, 9.17) is 15.2 Å². The van der Waals surface area contributed by atoms with Crippen molar-refractivity contribution in [1.29, 1.82) is 0 Å². The quantitative estimate of drug-likeness (QED) is 0.872. The van der Waals surface area contributed by atoms with E-state index in [0.29, 0.717) is 13.2 Å². The van der Waals surface area contributed by atoms with Crippen molar-refractivity contribution in [1.82, 2.24) is 4.90 Å². The molecule has 1 unspecified atom stereocenters. The molecule has 4 nitrogen and oxygen atoms in total. The minimum absolute atomic E-state index is 0.268. The largest absolute Gasteiger partial charge is 0.492 e. The second-order valence-electron chi connectivity index (χ2n) is 5.12. The third-order valence-corrected chi connectivity index (χ3v) is 3.60. The fourth-order valence-corrected chi connectivity index (χ4v) is 2.41. The van der Waals surface area contributed by atoms with Gasteiger partial charge < -0.3 is 15.2 Å². The molecule has 1 fully saturated rings. The number of aryl methyl sites for hydroxylation is 2. The molecule has 0 aliphatic carbocycles. The summed E-state index contributed by atoms with van der Waals surface area (Å²) in [5, 5.41) is 0. The van der Waals surface area contributed by atoms with Gasteiger partial charge in [0.2, 0.25) is 0 Å². The first-order chi connectivity index (χ1) is 9.20. The van der Waals surface area contributed by atoms with Gasteiger partial charge in [0, 0.05) is 19.6 Å². The minimum atomic E-state index is 0.268. The van der Waals surface area contributed by atoms with E-state index in [0.717, 1.165) is 32.1 Å². The van der Waals surface area contributed by atoms with Crippen LogP contribution in [0.25, 0.3) is 0 Å². The Bertz CT molecular complexity index is 403. The molecule has 1 aliphatic rings. The summed E-state index contributed by atoms with van der Waals surface area (Å²) in [6, 6.07) is 6.53. The Morgan fingerprint density at radius 2 is 2.05 bits per heavy atom. The summed E-state index contributed by atoms with van der Waals surface area (Å²) in [7, 11) is 0. The fraction of sp³-hybridized carbons (Fsp3) is 0.600. The van der Waals surface area contributed by atoms with Crippen LogP contribution in [-0.2, 0) is 4.74 Å². The highest BCUT2D eigenvalue weighted by Crippen LogP contribution is 2.19. The van der Waals surface area contributed by atoms with Gasteiger partial charge in [0.05, 0.1) is 19.3 Å². The number of rotatable bonds is 5. The molecule has 2 N–H and O–H groups in total. The number of morpholine rings is 1. The third kappa shape index (κ3) is 3.93. The monoisotopic (exact) mass is 264 g/mol. The van der Waals surface area contributed by atoms with Crippen LogP contribution in [0.15, 0.2) is 18.2 Å². The molecule has 1 aliphatic heterocycles. The maximum atomic E-state index is 5.94. The summed E-state index contributed by atoms with van der Waals surface area (Å²) >= 11 is 0. The maximum Gasteiger partial charge on any atom is 0.122 e. The highest BCUT2D eigenvalue weighted by molar-refractivity contribution is 5.35. The van der Waals surface area contributed by atoms with Crippen LogP contribution in [0.3, 0.4) is 0 Å². The predicted molar refractivity (Wildman–Crippen MR) is 76.6 cm³/mol. The summed E-state index contributed by atoms with van der Waals surface area (Å²) in [4.78, 5) is 2.35. The van der Waals surface area contributed by atoms with Crippen molar-refractivity contribution in [2.45, 2.75) is 19.9 Å². The van der Waals surface area contributed by atoms with Gasteiger partial charge in [-0.2, -0.15) is 0 Å². The first-order valence-electron chi connectivity index (χ1n) is 6.92. The zero-order valence-corrected chi connectivity index (χ0v) is 11.9. The zero-order valence-electron chi connectivity index (χ0n) is 11.9. The molecule has 0 saturated carbocycles. The van der Waals surface area contributed by atoms with E-state index in [-0.39, 0.29) is 6.04 Å². The van der Waals surface area contributed by atoms with Crippen LogP contribution in [0.4, 0.5) is 0 Å². The Kier molecular flexibility index (Phi) is 5.19. The molecule has 0 radical (unpaired) electrons. The van der Waals surface area contributed by atoms with Gasteiger partial charge in [-0.1, -0.05) is 17.7 Å². The lowest BCUT2D eigenvalue weighted by Crippen LogP contribution is -2.49. The lowest BCUT2D eigenvalue weighted by atomic mass is 10.1. The average molecular weight is 264 g/mol. The fourth-order valence-electron chi connectivity index (χ4n) is 2.41. The van der Waals surface area contributed by atoms with E-state index in [1.807, 2.05) is 6.07 Å². The Labute approximate surface area is 115 Å². The molecule has 1 atom stereocenters. The summed E-state index contributed by atoms with van der Waals surface area (Å²) in [6.45, 7) is 8.89. The number of hydrogen-bond acceptors (Lipinski definition) is 4. The average Bonchev–Trinajstić information content (AvgIpc) is 2.43. The molecule has 1 aromatic carbocycles. The van der Waals surface area contributed by atoms with Crippen molar-refractivity contribution < 1.29 is 9.47 Å². The Hall–Kier alpha value is -1.10. The van der Waals surface area contributed by atoms with E-state index in [1.165, 1.54) is 11.1 Å². The van der Waals surface area contributed by atoms with Crippen LogP contribution >= 0.6 is 0 Å². The van der Waals surface area contributed by atoms with E-state index >= 15 is 0 Å². The minimum Gasteiger partial charge on any atom is -0.492 e. The van der Waals surface area contributed by atoms with Crippen LogP contribution in [0.2, 0.25) is 0 Å². The van der Waals surface area contributed by atoms with Crippen molar-refractivity contribution in [3.8, 4) is 5.75 Å². The molecule has 1 aromatic rings. The molecule has 0 spiro atoms. The lowest BCUT2D eigenvalue weighted by Gasteiger charge is -2.33. The SMILES string of the molecule is Cc1ccc(OCC(CN)N2CCOCC2)c(C)c1. The van der Waals surface area contributed by atoms with Gasteiger partial charge in [0.1, 0.15) is 12.4 Å². The smallest absolute Gasteiger partial charge is 0.122 e. The number of benzene rings is 1. The van der Waals surface area contributed by atoms with E-state index < -0.39 is 0 Å². The van der Waals surface area contributed by atoms with Gasteiger partial charge in [0.25, 0.3) is 0 Å². The molecule has 1 saturated heterocycles. The molecular formula is C15H24N2O2. The van der Waals surface area contributed by atoms with Gasteiger partial charge in [-0.05, 0) is 25.5 Å². The highest BCUT2D eigenvalue weighted by atomic mass is 16.5. The van der Waals surface area contributed by atoms with Crippen molar-refractivity contribution in [3.05, 3.63) is 29.3 Å². The summed E-state index contributed by atoms with van der Waals surface area (Å²) in [5.74, 6) is 0.956. The van der Waals surface area contributed by atoms with Gasteiger partial charge in [-0.3, -0.25) is 4.90 Å². The number of hydrogen-bond donors (Lipinski definition) is 1. The molecular weight excluding hydrogens is 240 g/mol. The van der Waals surface area contributed by atoms with Crippen LogP contribution in [0.5, 0.6) is 5.75 Å². The van der Waals surface area contributed by atoms with Crippen LogP contribution in [-0.4, -0.2) is 50.4 Å². The van der Waals surface area contributed by atoms with Crippen LogP contribution in [0.1, 0.15) is 11.1 Å². The molecule has 0 bridgehead atoms. The molecule has 4 heteroatoms. The molecule has 19 heavy (non-hydrogen) atoms. The van der Waals surface area contributed by atoms with Crippen molar-refractivity contribution in [2.75, 3.05) is 39.5 Å². The predicted octanol–water partition coefficient (Wildman–Crippen LogP) is 1.34. The molecule has 0 aromatic heterocycles. The second-order valence-corrected chi connectivity index (χ2v) is 5.12. The molecule has 2 rings (SSSR count). The summed E-state index contributed by atoms with van der Waals surface area (Å²) in [5.41, 5.74) is 8.30. The van der Waals surface area contributed by atoms with E-state index in [1.54, 1.807) is 0 Å². The molecule has 1 heterocycles. The Morgan fingerprint density at radius 1 is 1.32 bits per heavy atom. The van der Waals surface area contributed by atoms with Crippen molar-refractivity contribution in [3.63, 3.8) is 0 Å². The number of ether oxygens (including phenoxy) is 2. The topological polar surface area (TPSA) is 47.7 Å². The van der Waals surface area contributed by atoms with Crippen molar-refractivity contribution in [2.24, 2.45) is 5.73 Å². The highest BCUT2D eigenvalue weighted by Gasteiger charge is 2.20. The van der Waals surface area contributed by atoms with Gasteiger partial charge in [-0.15, -0.1) is 0 Å². The molecule has 106 valence electrons. The second kappa shape index (κ2) is 6.89. The van der Waals surface area contributed by atoms with Gasteiger partial charge in [0.15, 0.2) is 0 Å². The van der Waals surface area contributed by atoms with Crippen LogP contribution < -0.4 is 10.5 Å². The standard InChI is InChI=1S/C15H24N2O2/c1-12-3-4-15(13(2)9-12)19-11-14(10-16)17-5-7-18-8-6-17/h3-4,9,14H,5-8,10-11,16H2,1-2H3. The number of nitrogens with two attached hydrogens (primary N) is 1. The van der Waals surface area contributed by atoms with Crippen LogP contribution in [0, 0.1) is 13.8 Å². The number of nitrogens with zero attached hydrogens (tertiary/aromatic N) is 1. The van der Waals surface area contributed by atoms with Gasteiger partial charge in [-0.25, -0.2) is 0 Å². The van der Waals surface area contributed by atoms with E-state index in [9.17, 15) is 0 Å². The summed E-state index contributed by atoms with van der Waals surface area (Å²) in [6.07, 6.45) is 0.